The lowest BCUT2D eigenvalue weighted by atomic mass is 10.3. The maximum Gasteiger partial charge on any atom is 0.410 e. The Balaban J connectivity index is 2.59. The van der Waals surface area contributed by atoms with Crippen LogP contribution in [-0.2, 0) is 4.79 Å². The van der Waals surface area contributed by atoms with Gasteiger partial charge in [-0.3, -0.25) is 4.79 Å². The maximum atomic E-state index is 12.1. The minimum absolute atomic E-state index is 0.409. The predicted octanol–water partition coefficient (Wildman–Crippen LogP) is 0.777. The minimum Gasteiger partial charge on any atom is -0.324 e. The zero-order valence-electron chi connectivity index (χ0n) is 7.72. The van der Waals surface area contributed by atoms with E-state index in [0.717, 1.165) is 0 Å². The highest BCUT2D eigenvalue weighted by Gasteiger charge is 2.47. The zero-order valence-corrected chi connectivity index (χ0v) is 7.72. The molecule has 0 radical (unpaired) electrons. The molecule has 0 unspecified atom stereocenters. The van der Waals surface area contributed by atoms with Crippen molar-refractivity contribution in [3.8, 4) is 0 Å². The van der Waals surface area contributed by atoms with Crippen LogP contribution in [0.2, 0.25) is 0 Å². The Hall–Kier alpha value is -1.41. The summed E-state index contributed by atoms with van der Waals surface area (Å²) in [6.07, 6.45) is -7.95. The first-order valence-electron chi connectivity index (χ1n) is 4.15. The number of halogens is 5. The monoisotopic (exact) mass is 246 g/mol. The Morgan fingerprint density at radius 2 is 2.06 bits per heavy atom. The van der Waals surface area contributed by atoms with Gasteiger partial charge in [-0.25, -0.2) is 13.6 Å². The van der Waals surface area contributed by atoms with Gasteiger partial charge in [0, 0.05) is 0 Å². The number of carbonyl (C=O) groups is 2. The number of rotatable bonds is 3. The third kappa shape index (κ3) is 2.80. The Labute approximate surface area is 86.4 Å². The third-order valence-electron chi connectivity index (χ3n) is 1.97. The molecule has 4 nitrogen and oxygen atoms in total. The molecule has 0 spiro atoms. The first-order valence-corrected chi connectivity index (χ1v) is 4.15. The Morgan fingerprint density at radius 1 is 1.50 bits per heavy atom. The second-order valence-corrected chi connectivity index (χ2v) is 3.19. The van der Waals surface area contributed by atoms with Gasteiger partial charge in [0.05, 0.1) is 13.1 Å². The van der Waals surface area contributed by atoms with Gasteiger partial charge in [0.2, 0.25) is 5.78 Å². The van der Waals surface area contributed by atoms with Crippen LogP contribution in [-0.4, -0.2) is 48.4 Å². The molecule has 0 aliphatic carbocycles. The second kappa shape index (κ2) is 4.22. The van der Waals surface area contributed by atoms with Crippen molar-refractivity contribution in [3.63, 3.8) is 0 Å². The number of nitrogens with zero attached hydrogens (tertiary/aromatic N) is 1. The summed E-state index contributed by atoms with van der Waals surface area (Å²) in [4.78, 5) is 21.9. The number of hydrogen-bond donors (Lipinski definition) is 1. The van der Waals surface area contributed by atoms with E-state index in [0.29, 0.717) is 4.90 Å². The lowest BCUT2D eigenvalue weighted by molar-refractivity contribution is -0.150. The van der Waals surface area contributed by atoms with E-state index in [-0.39, 0.29) is 0 Å². The van der Waals surface area contributed by atoms with Crippen LogP contribution >= 0.6 is 0 Å². The molecule has 92 valence electrons. The maximum absolute atomic E-state index is 12.1. The molecule has 1 aliphatic heterocycles. The van der Waals surface area contributed by atoms with Crippen molar-refractivity contribution >= 4 is 11.8 Å². The molecule has 9 heteroatoms. The molecule has 1 N–H and O–H groups in total. The van der Waals surface area contributed by atoms with Gasteiger partial charge >= 0.3 is 12.2 Å². The van der Waals surface area contributed by atoms with E-state index in [1.54, 1.807) is 5.32 Å². The van der Waals surface area contributed by atoms with Gasteiger partial charge in [-0.2, -0.15) is 13.2 Å². The van der Waals surface area contributed by atoms with E-state index in [1.165, 1.54) is 0 Å². The number of hydrogen-bond acceptors (Lipinski definition) is 2. The highest BCUT2D eigenvalue weighted by atomic mass is 19.4. The van der Waals surface area contributed by atoms with E-state index in [9.17, 15) is 31.5 Å². The van der Waals surface area contributed by atoms with Crippen LogP contribution in [0.5, 0.6) is 0 Å². The number of amides is 2. The van der Waals surface area contributed by atoms with Crippen molar-refractivity contribution in [2.75, 3.05) is 13.1 Å². The topological polar surface area (TPSA) is 49.4 Å². The second-order valence-electron chi connectivity index (χ2n) is 3.19. The SMILES string of the molecule is O=C(CN1C[C@@H](C(F)(F)F)NC1=O)C(F)F. The van der Waals surface area contributed by atoms with E-state index in [4.69, 9.17) is 0 Å². The van der Waals surface area contributed by atoms with Crippen molar-refractivity contribution in [2.45, 2.75) is 18.6 Å². The number of urea groups is 1. The number of carbonyl (C=O) groups excluding carboxylic acids is 2. The molecule has 0 aromatic carbocycles. The van der Waals surface area contributed by atoms with Crippen molar-refractivity contribution in [1.82, 2.24) is 10.2 Å². The minimum atomic E-state index is -4.65. The lowest BCUT2D eigenvalue weighted by Crippen LogP contribution is -2.40. The largest absolute Gasteiger partial charge is 0.410 e. The highest BCUT2D eigenvalue weighted by molar-refractivity contribution is 5.88. The van der Waals surface area contributed by atoms with Gasteiger partial charge in [0.15, 0.2) is 0 Å². The van der Waals surface area contributed by atoms with Gasteiger partial charge in [-0.15, -0.1) is 0 Å². The molecular formula is C7H7F5N2O2. The molecular weight excluding hydrogens is 239 g/mol. The summed E-state index contributed by atoms with van der Waals surface area (Å²) >= 11 is 0. The first-order chi connectivity index (χ1) is 7.21. The van der Waals surface area contributed by atoms with E-state index in [2.05, 4.69) is 0 Å². The van der Waals surface area contributed by atoms with Gasteiger partial charge in [0.1, 0.15) is 6.04 Å². The quantitative estimate of drug-likeness (QED) is 0.748. The Bertz CT molecular complexity index is 304. The summed E-state index contributed by atoms with van der Waals surface area (Å²) < 4.78 is 60.0. The fourth-order valence-corrected chi connectivity index (χ4v) is 1.17. The fraction of sp³-hybridized carbons (Fsp3) is 0.714. The summed E-state index contributed by atoms with van der Waals surface area (Å²) in [5.41, 5.74) is 0. The fourth-order valence-electron chi connectivity index (χ4n) is 1.17. The Kier molecular flexibility index (Phi) is 3.34. The van der Waals surface area contributed by atoms with Crippen LogP contribution in [0.3, 0.4) is 0 Å². The van der Waals surface area contributed by atoms with E-state index >= 15 is 0 Å². The summed E-state index contributed by atoms with van der Waals surface area (Å²) in [5, 5.41) is 1.55. The molecule has 1 aliphatic rings. The third-order valence-corrected chi connectivity index (χ3v) is 1.97. The van der Waals surface area contributed by atoms with Crippen LogP contribution in [0.4, 0.5) is 26.7 Å². The van der Waals surface area contributed by atoms with Crippen LogP contribution < -0.4 is 5.32 Å². The zero-order chi connectivity index (χ0) is 12.5. The van der Waals surface area contributed by atoms with Crippen molar-refractivity contribution < 1.29 is 31.5 Å². The highest BCUT2D eigenvalue weighted by Crippen LogP contribution is 2.24. The van der Waals surface area contributed by atoms with Gasteiger partial charge in [0.25, 0.3) is 6.43 Å². The number of alkyl halides is 5. The molecule has 2 amide bonds. The van der Waals surface area contributed by atoms with Crippen molar-refractivity contribution in [2.24, 2.45) is 0 Å². The first kappa shape index (κ1) is 12.7. The van der Waals surface area contributed by atoms with E-state index in [1.807, 2.05) is 0 Å². The average molecular weight is 246 g/mol. The van der Waals surface area contributed by atoms with Crippen molar-refractivity contribution in [3.05, 3.63) is 0 Å². The summed E-state index contributed by atoms with van der Waals surface area (Å²) in [6.45, 7) is -1.85. The number of Topliss-reactive ketones (excluding diaryl/α,β-unsaturated/α-hetero) is 1. The number of ketones is 1. The predicted molar refractivity (Wildman–Crippen MR) is 41.0 cm³/mol. The molecule has 0 saturated carbocycles. The van der Waals surface area contributed by atoms with Crippen LogP contribution in [0, 0.1) is 0 Å². The molecule has 0 bridgehead atoms. The van der Waals surface area contributed by atoms with Gasteiger partial charge in [-0.05, 0) is 0 Å². The molecule has 16 heavy (non-hydrogen) atoms. The lowest BCUT2D eigenvalue weighted by Gasteiger charge is -2.14. The van der Waals surface area contributed by atoms with Crippen LogP contribution in [0.15, 0.2) is 0 Å². The van der Waals surface area contributed by atoms with Crippen LogP contribution in [0.1, 0.15) is 0 Å². The van der Waals surface area contributed by atoms with Crippen LogP contribution in [0.25, 0.3) is 0 Å². The van der Waals surface area contributed by atoms with Gasteiger partial charge in [-0.1, -0.05) is 0 Å². The summed E-state index contributed by atoms with van der Waals surface area (Å²) in [7, 11) is 0. The van der Waals surface area contributed by atoms with E-state index < -0.39 is 43.5 Å². The Morgan fingerprint density at radius 3 is 2.44 bits per heavy atom. The molecule has 1 saturated heterocycles. The molecule has 0 aromatic rings. The van der Waals surface area contributed by atoms with Crippen molar-refractivity contribution in [1.29, 1.82) is 0 Å². The normalized spacial score (nSPS) is 21.5. The molecule has 1 heterocycles. The summed E-state index contributed by atoms with van der Waals surface area (Å²) in [5.74, 6) is -1.59. The molecule has 1 atom stereocenters. The average Bonchev–Trinajstić information content (AvgIpc) is 2.47. The number of nitrogens with one attached hydrogen (secondary N) is 1. The smallest absolute Gasteiger partial charge is 0.324 e. The molecule has 1 rings (SSSR count). The standard InChI is InChI=1S/C7H7F5N2O2/c8-5(9)3(15)1-14-2-4(7(10,11)12)13-6(14)16/h4-5H,1-2H2,(H,13,16)/t4-/m0/s1. The summed E-state index contributed by atoms with van der Waals surface area (Å²) in [6, 6.07) is -3.29. The van der Waals surface area contributed by atoms with Gasteiger partial charge < -0.3 is 10.2 Å². The molecule has 1 fully saturated rings. The molecule has 0 aromatic heterocycles.